The Balaban J connectivity index is 2.39. The van der Waals surface area contributed by atoms with Crippen molar-refractivity contribution in [3.63, 3.8) is 0 Å². The molecule has 80 valence electrons. The fourth-order valence-corrected chi connectivity index (χ4v) is 1.53. The van der Waals surface area contributed by atoms with Crippen molar-refractivity contribution in [2.45, 2.75) is 0 Å². The third kappa shape index (κ3) is 1.90. The quantitative estimate of drug-likeness (QED) is 0.748. The van der Waals surface area contributed by atoms with Crippen molar-refractivity contribution in [1.82, 2.24) is 4.57 Å². The normalized spacial score (nSPS) is 10.1. The number of rotatable bonds is 2. The minimum absolute atomic E-state index is 0.247. The summed E-state index contributed by atoms with van der Waals surface area (Å²) in [5.74, 6) is -0.247. The summed E-state index contributed by atoms with van der Waals surface area (Å²) < 4.78 is 1.30. The van der Waals surface area contributed by atoms with Crippen LogP contribution in [-0.2, 0) is 0 Å². The first-order chi connectivity index (χ1) is 7.72. The lowest BCUT2D eigenvalue weighted by atomic mass is 10.2. The number of carbonyl (C=O) groups is 2. The maximum Gasteiger partial charge on any atom is 0.262 e. The number of nitrogens with zero attached hydrogens (tertiary/aromatic N) is 1. The van der Waals surface area contributed by atoms with Gasteiger partial charge in [-0.3, -0.25) is 14.2 Å². The van der Waals surface area contributed by atoms with Gasteiger partial charge >= 0.3 is 0 Å². The number of aromatic nitrogens is 1. The Morgan fingerprint density at radius 3 is 2.50 bits per heavy atom. The van der Waals surface area contributed by atoms with Crippen LogP contribution in [0.3, 0.4) is 0 Å². The molecule has 0 amide bonds. The first-order valence-electron chi connectivity index (χ1n) is 4.65. The summed E-state index contributed by atoms with van der Waals surface area (Å²) in [6.07, 6.45) is 2.20. The Bertz CT molecular complexity index is 528. The molecule has 0 atom stereocenters. The summed E-state index contributed by atoms with van der Waals surface area (Å²) in [5.41, 5.74) is 0.823. The summed E-state index contributed by atoms with van der Waals surface area (Å²) in [4.78, 5) is 22.6. The number of halogens is 1. The van der Waals surface area contributed by atoms with Gasteiger partial charge < -0.3 is 0 Å². The molecule has 0 bridgehead atoms. The fraction of sp³-hybridized carbons (Fsp3) is 0. The molecule has 0 unspecified atom stereocenters. The van der Waals surface area contributed by atoms with Crippen LogP contribution < -0.4 is 0 Å². The van der Waals surface area contributed by atoms with Gasteiger partial charge in [0.05, 0.1) is 5.69 Å². The molecule has 3 nitrogen and oxygen atoms in total. The number of hydrogen-bond acceptors (Lipinski definition) is 2. The molecule has 0 saturated heterocycles. The van der Waals surface area contributed by atoms with Crippen LogP contribution in [0.4, 0.5) is 0 Å². The van der Waals surface area contributed by atoms with Crippen molar-refractivity contribution in [1.29, 1.82) is 0 Å². The first kappa shape index (κ1) is 10.6. The lowest BCUT2D eigenvalue weighted by molar-refractivity contribution is 0.0947. The van der Waals surface area contributed by atoms with E-state index >= 15 is 0 Å². The lowest BCUT2D eigenvalue weighted by Gasteiger charge is -2.03. The highest BCUT2D eigenvalue weighted by molar-refractivity contribution is 6.30. The Kier molecular flexibility index (Phi) is 2.88. The maximum atomic E-state index is 12.0. The van der Waals surface area contributed by atoms with E-state index in [1.807, 2.05) is 0 Å². The van der Waals surface area contributed by atoms with Crippen molar-refractivity contribution < 1.29 is 9.59 Å². The minimum Gasteiger partial charge on any atom is -0.296 e. The van der Waals surface area contributed by atoms with Crippen LogP contribution in [0.2, 0.25) is 5.02 Å². The van der Waals surface area contributed by atoms with Gasteiger partial charge in [0.25, 0.3) is 5.91 Å². The summed E-state index contributed by atoms with van der Waals surface area (Å²) >= 11 is 5.73. The zero-order chi connectivity index (χ0) is 11.5. The molecule has 1 heterocycles. The summed E-state index contributed by atoms with van der Waals surface area (Å²) in [5, 5.41) is 0.569. The second kappa shape index (κ2) is 4.33. The first-order valence-corrected chi connectivity index (χ1v) is 5.03. The average Bonchev–Trinajstić information content (AvgIpc) is 2.77. The number of benzene rings is 1. The molecule has 0 spiro atoms. The molecule has 0 saturated carbocycles. The lowest BCUT2D eigenvalue weighted by Crippen LogP contribution is -2.13. The van der Waals surface area contributed by atoms with Gasteiger partial charge in [-0.25, -0.2) is 0 Å². The number of aldehydes is 1. The summed E-state index contributed by atoms with van der Waals surface area (Å²) in [6.45, 7) is 0. The summed E-state index contributed by atoms with van der Waals surface area (Å²) in [6, 6.07) is 9.76. The Morgan fingerprint density at radius 1 is 1.19 bits per heavy atom. The monoisotopic (exact) mass is 233 g/mol. The van der Waals surface area contributed by atoms with Gasteiger partial charge in [-0.1, -0.05) is 11.6 Å². The average molecular weight is 234 g/mol. The molecule has 1 aromatic heterocycles. The second-order valence-corrected chi connectivity index (χ2v) is 3.67. The van der Waals surface area contributed by atoms with Crippen molar-refractivity contribution in [3.05, 3.63) is 58.9 Å². The molecule has 0 aliphatic carbocycles. The van der Waals surface area contributed by atoms with E-state index in [0.717, 1.165) is 0 Å². The molecule has 0 fully saturated rings. The third-order valence-corrected chi connectivity index (χ3v) is 2.46. The van der Waals surface area contributed by atoms with E-state index in [0.29, 0.717) is 22.6 Å². The predicted molar refractivity (Wildman–Crippen MR) is 61.0 cm³/mol. The standard InChI is InChI=1S/C12H8ClNO2/c13-10-5-3-9(4-6-10)12(16)14-7-1-2-11(14)8-15/h1-8H. The predicted octanol–water partition coefficient (Wildman–Crippen LogP) is 2.64. The third-order valence-electron chi connectivity index (χ3n) is 2.21. The van der Waals surface area contributed by atoms with E-state index < -0.39 is 0 Å². The maximum absolute atomic E-state index is 12.0. The van der Waals surface area contributed by atoms with E-state index in [1.165, 1.54) is 4.57 Å². The molecular weight excluding hydrogens is 226 g/mol. The van der Waals surface area contributed by atoms with Crippen LogP contribution in [0.5, 0.6) is 0 Å². The van der Waals surface area contributed by atoms with Gasteiger partial charge in [0.1, 0.15) is 0 Å². The second-order valence-electron chi connectivity index (χ2n) is 3.23. The molecule has 1 aromatic carbocycles. The Labute approximate surface area is 97.3 Å². The molecule has 0 aliphatic heterocycles. The van der Waals surface area contributed by atoms with Gasteiger partial charge in [0, 0.05) is 16.8 Å². The van der Waals surface area contributed by atoms with Crippen molar-refractivity contribution >= 4 is 23.8 Å². The SMILES string of the molecule is O=Cc1cccn1C(=O)c1ccc(Cl)cc1. The zero-order valence-electron chi connectivity index (χ0n) is 8.26. The van der Waals surface area contributed by atoms with Crippen LogP contribution in [0, 0.1) is 0 Å². The molecule has 4 heteroatoms. The van der Waals surface area contributed by atoms with E-state index in [2.05, 4.69) is 0 Å². The molecule has 16 heavy (non-hydrogen) atoms. The van der Waals surface area contributed by atoms with Gasteiger partial charge in [-0.2, -0.15) is 0 Å². The van der Waals surface area contributed by atoms with Gasteiger partial charge in [0.15, 0.2) is 6.29 Å². The van der Waals surface area contributed by atoms with Crippen LogP contribution in [0.25, 0.3) is 0 Å². The van der Waals surface area contributed by atoms with Crippen molar-refractivity contribution in [2.75, 3.05) is 0 Å². The number of carbonyl (C=O) groups excluding carboxylic acids is 2. The van der Waals surface area contributed by atoms with E-state index in [-0.39, 0.29) is 5.91 Å². The molecular formula is C12H8ClNO2. The highest BCUT2D eigenvalue weighted by atomic mass is 35.5. The van der Waals surface area contributed by atoms with Gasteiger partial charge in [-0.05, 0) is 36.4 Å². The number of hydrogen-bond donors (Lipinski definition) is 0. The summed E-state index contributed by atoms with van der Waals surface area (Å²) in [7, 11) is 0. The van der Waals surface area contributed by atoms with Gasteiger partial charge in [-0.15, -0.1) is 0 Å². The Morgan fingerprint density at radius 2 is 1.88 bits per heavy atom. The fourth-order valence-electron chi connectivity index (χ4n) is 1.41. The Hall–Kier alpha value is -1.87. The van der Waals surface area contributed by atoms with Crippen LogP contribution in [0.15, 0.2) is 42.6 Å². The molecule has 0 aliphatic rings. The van der Waals surface area contributed by atoms with E-state index in [9.17, 15) is 9.59 Å². The molecule has 0 radical (unpaired) electrons. The van der Waals surface area contributed by atoms with Crippen LogP contribution in [-0.4, -0.2) is 16.8 Å². The highest BCUT2D eigenvalue weighted by Gasteiger charge is 2.10. The van der Waals surface area contributed by atoms with Crippen molar-refractivity contribution in [2.24, 2.45) is 0 Å². The molecule has 2 aromatic rings. The van der Waals surface area contributed by atoms with E-state index in [4.69, 9.17) is 11.6 Å². The van der Waals surface area contributed by atoms with Crippen LogP contribution in [0.1, 0.15) is 20.8 Å². The zero-order valence-corrected chi connectivity index (χ0v) is 9.02. The topological polar surface area (TPSA) is 39.1 Å². The smallest absolute Gasteiger partial charge is 0.262 e. The largest absolute Gasteiger partial charge is 0.296 e. The van der Waals surface area contributed by atoms with E-state index in [1.54, 1.807) is 42.6 Å². The van der Waals surface area contributed by atoms with Gasteiger partial charge in [0.2, 0.25) is 0 Å². The minimum atomic E-state index is -0.247. The van der Waals surface area contributed by atoms with Crippen molar-refractivity contribution in [3.8, 4) is 0 Å². The van der Waals surface area contributed by atoms with Crippen LogP contribution >= 0.6 is 11.6 Å². The molecule has 0 N–H and O–H groups in total. The highest BCUT2D eigenvalue weighted by Crippen LogP contribution is 2.12. The molecule has 2 rings (SSSR count).